The number of hydrogen-bond acceptors (Lipinski definition) is 7. The Balaban J connectivity index is 1.41. The highest BCUT2D eigenvalue weighted by Crippen LogP contribution is 2.45. The Labute approximate surface area is 222 Å². The summed E-state index contributed by atoms with van der Waals surface area (Å²) in [5.41, 5.74) is 2.51. The molecule has 0 atom stereocenters. The van der Waals surface area contributed by atoms with Crippen molar-refractivity contribution in [2.24, 2.45) is 0 Å². The van der Waals surface area contributed by atoms with E-state index in [1.807, 2.05) is 54.6 Å². The quantitative estimate of drug-likeness (QED) is 0.363. The molecule has 2 N–H and O–H groups in total. The maximum Gasteiger partial charge on any atom is 0.341 e. The van der Waals surface area contributed by atoms with Crippen molar-refractivity contribution in [3.8, 4) is 22.3 Å². The number of thiophene rings is 1. The van der Waals surface area contributed by atoms with Crippen molar-refractivity contribution in [3.63, 3.8) is 0 Å². The summed E-state index contributed by atoms with van der Waals surface area (Å²) in [6.45, 7) is 0.377. The molecule has 2 heterocycles. The molecule has 4 rings (SSSR count). The van der Waals surface area contributed by atoms with Crippen LogP contribution in [0.4, 0.5) is 5.69 Å². The van der Waals surface area contributed by atoms with Crippen molar-refractivity contribution in [1.29, 1.82) is 5.26 Å². The number of benzene rings is 2. The zero-order chi connectivity index (χ0) is 25.7. The number of sulfonamides is 1. The van der Waals surface area contributed by atoms with E-state index in [1.165, 1.54) is 11.3 Å². The second-order valence-electron chi connectivity index (χ2n) is 8.34. The normalized spacial score (nSPS) is 14.8. The van der Waals surface area contributed by atoms with Gasteiger partial charge in [-0.25, -0.2) is 17.5 Å². The van der Waals surface area contributed by atoms with Gasteiger partial charge < -0.3 is 15.2 Å². The number of ether oxygens (including phenoxy) is 1. The fourth-order valence-corrected chi connectivity index (χ4v) is 7.47. The minimum absolute atomic E-state index is 0.00647. The molecule has 0 amide bonds. The summed E-state index contributed by atoms with van der Waals surface area (Å²) in [4.78, 5) is 11.9. The van der Waals surface area contributed by atoms with Crippen LogP contribution in [0.15, 0.2) is 59.1 Å². The van der Waals surface area contributed by atoms with Crippen LogP contribution in [0.25, 0.3) is 10.4 Å². The average Bonchev–Trinajstić information content (AvgIpc) is 3.19. The van der Waals surface area contributed by atoms with Crippen molar-refractivity contribution in [2.75, 3.05) is 25.0 Å². The Kier molecular flexibility index (Phi) is 8.31. The van der Waals surface area contributed by atoms with E-state index in [2.05, 4.69) is 27.3 Å². The minimum Gasteiger partial charge on any atom is -0.479 e. The lowest BCUT2D eigenvalue weighted by atomic mass is 10.1. The Bertz CT molecular complexity index is 1380. The van der Waals surface area contributed by atoms with Crippen LogP contribution < -0.4 is 10.1 Å². The highest BCUT2D eigenvalue weighted by atomic mass is 79.9. The number of hydrogen-bond donors (Lipinski definition) is 2. The SMILES string of the molecule is N#Cc1sc(-c2cccc(NC3CCN(S(=O)(=O)Cc4ccccc4)CC3)c2)c(Br)c1OCC(=O)O. The zero-order valence-electron chi connectivity index (χ0n) is 19.2. The van der Waals surface area contributed by atoms with Gasteiger partial charge in [-0.1, -0.05) is 42.5 Å². The van der Waals surface area contributed by atoms with Crippen LogP contribution in [0.3, 0.4) is 0 Å². The first kappa shape index (κ1) is 26.2. The lowest BCUT2D eigenvalue weighted by Crippen LogP contribution is -2.42. The third-order valence-electron chi connectivity index (χ3n) is 5.79. The first-order valence-electron chi connectivity index (χ1n) is 11.2. The van der Waals surface area contributed by atoms with Crippen molar-refractivity contribution in [3.05, 3.63) is 69.5 Å². The van der Waals surface area contributed by atoms with Gasteiger partial charge in [0.05, 0.1) is 15.1 Å². The number of nitrogens with zero attached hydrogens (tertiary/aromatic N) is 2. The van der Waals surface area contributed by atoms with E-state index in [9.17, 15) is 18.5 Å². The Morgan fingerprint density at radius 1 is 1.19 bits per heavy atom. The van der Waals surface area contributed by atoms with Crippen LogP contribution in [0.2, 0.25) is 0 Å². The molecule has 0 aliphatic carbocycles. The van der Waals surface area contributed by atoms with Crippen LogP contribution in [-0.2, 0) is 20.6 Å². The lowest BCUT2D eigenvalue weighted by molar-refractivity contribution is -0.139. The van der Waals surface area contributed by atoms with E-state index in [1.54, 1.807) is 4.31 Å². The van der Waals surface area contributed by atoms with E-state index in [4.69, 9.17) is 9.84 Å². The van der Waals surface area contributed by atoms with E-state index in [0.29, 0.717) is 35.3 Å². The molecule has 1 fully saturated rings. The zero-order valence-corrected chi connectivity index (χ0v) is 22.4. The van der Waals surface area contributed by atoms with E-state index < -0.39 is 22.6 Å². The first-order chi connectivity index (χ1) is 17.3. The van der Waals surface area contributed by atoms with Crippen molar-refractivity contribution < 1.29 is 23.1 Å². The van der Waals surface area contributed by atoms with Crippen molar-refractivity contribution >= 4 is 48.9 Å². The number of carbonyl (C=O) groups is 1. The Morgan fingerprint density at radius 3 is 2.58 bits per heavy atom. The Morgan fingerprint density at radius 2 is 1.92 bits per heavy atom. The highest BCUT2D eigenvalue weighted by Gasteiger charge is 2.28. The summed E-state index contributed by atoms with van der Waals surface area (Å²) in [5, 5.41) is 21.9. The summed E-state index contributed by atoms with van der Waals surface area (Å²) in [6, 6.07) is 19.1. The van der Waals surface area contributed by atoms with E-state index >= 15 is 0 Å². The van der Waals surface area contributed by atoms with Gasteiger partial charge in [0.15, 0.2) is 12.4 Å². The van der Waals surface area contributed by atoms with E-state index in [0.717, 1.165) is 21.7 Å². The summed E-state index contributed by atoms with van der Waals surface area (Å²) in [5.74, 6) is -0.891. The summed E-state index contributed by atoms with van der Waals surface area (Å²) in [6.07, 6.45) is 1.37. The van der Waals surface area contributed by atoms with Crippen LogP contribution in [-0.4, -0.2) is 49.5 Å². The summed E-state index contributed by atoms with van der Waals surface area (Å²) in [7, 11) is -3.37. The monoisotopic (exact) mass is 589 g/mol. The molecule has 11 heteroatoms. The summed E-state index contributed by atoms with van der Waals surface area (Å²) < 4.78 is 33.1. The second-order valence-corrected chi connectivity index (χ2v) is 12.1. The number of carboxylic acid groups (broad SMARTS) is 1. The van der Waals surface area contributed by atoms with Gasteiger partial charge in [-0.2, -0.15) is 5.26 Å². The fraction of sp³-hybridized carbons (Fsp3) is 0.280. The third kappa shape index (κ3) is 6.25. The number of nitrogens with one attached hydrogen (secondary N) is 1. The second kappa shape index (κ2) is 11.4. The fourth-order valence-electron chi connectivity index (χ4n) is 4.06. The number of rotatable bonds is 9. The molecule has 188 valence electrons. The van der Waals surface area contributed by atoms with Crippen LogP contribution >= 0.6 is 27.3 Å². The molecule has 36 heavy (non-hydrogen) atoms. The number of halogens is 1. The predicted molar refractivity (Wildman–Crippen MR) is 143 cm³/mol. The molecule has 0 bridgehead atoms. The number of nitriles is 1. The molecule has 1 aliphatic heterocycles. The smallest absolute Gasteiger partial charge is 0.341 e. The number of carboxylic acids is 1. The maximum atomic E-state index is 12.8. The minimum atomic E-state index is -3.37. The van der Waals surface area contributed by atoms with Gasteiger partial charge in [0, 0.05) is 24.8 Å². The average molecular weight is 591 g/mol. The molecule has 0 radical (unpaired) electrons. The summed E-state index contributed by atoms with van der Waals surface area (Å²) >= 11 is 4.68. The van der Waals surface area contributed by atoms with Crippen molar-refractivity contribution in [1.82, 2.24) is 4.31 Å². The molecular weight excluding hydrogens is 566 g/mol. The molecule has 0 saturated carbocycles. The van der Waals surface area contributed by atoms with Gasteiger partial charge in [-0.05, 0) is 52.0 Å². The maximum absolute atomic E-state index is 12.8. The molecule has 8 nitrogen and oxygen atoms in total. The number of aliphatic carboxylic acids is 1. The standard InChI is InChI=1S/C25H24BrN3O5S2/c26-23-24(34-15-22(30)31)21(14-27)35-25(23)18-7-4-8-20(13-18)28-19-9-11-29(12-10-19)36(32,33)16-17-5-2-1-3-6-17/h1-8,13,19,28H,9-12,15-16H2,(H,30,31). The molecule has 1 aromatic heterocycles. The predicted octanol–water partition coefficient (Wildman–Crippen LogP) is 4.92. The van der Waals surface area contributed by atoms with Crippen LogP contribution in [0.1, 0.15) is 23.3 Å². The third-order valence-corrected chi connectivity index (χ3v) is 9.78. The van der Waals surface area contributed by atoms with Gasteiger partial charge in [0.2, 0.25) is 10.0 Å². The molecular formula is C25H24BrN3O5S2. The van der Waals surface area contributed by atoms with Gasteiger partial charge in [0.25, 0.3) is 0 Å². The topological polar surface area (TPSA) is 120 Å². The molecule has 0 unspecified atom stereocenters. The van der Waals surface area contributed by atoms with Gasteiger partial charge >= 0.3 is 5.97 Å². The highest BCUT2D eigenvalue weighted by molar-refractivity contribution is 9.10. The van der Waals surface area contributed by atoms with Crippen LogP contribution in [0, 0.1) is 11.3 Å². The van der Waals surface area contributed by atoms with Gasteiger partial charge in [0.1, 0.15) is 10.9 Å². The van der Waals surface area contributed by atoms with Gasteiger partial charge in [-0.15, -0.1) is 11.3 Å². The molecule has 3 aromatic rings. The number of anilines is 1. The molecule has 1 aliphatic rings. The van der Waals surface area contributed by atoms with E-state index in [-0.39, 0.29) is 17.5 Å². The molecule has 0 spiro atoms. The van der Waals surface area contributed by atoms with Gasteiger partial charge in [-0.3, -0.25) is 0 Å². The lowest BCUT2D eigenvalue weighted by Gasteiger charge is -2.32. The number of piperidine rings is 1. The first-order valence-corrected chi connectivity index (χ1v) is 14.4. The molecule has 2 aromatic carbocycles. The largest absolute Gasteiger partial charge is 0.479 e. The van der Waals surface area contributed by atoms with Crippen molar-refractivity contribution in [2.45, 2.75) is 24.6 Å². The molecule has 1 saturated heterocycles. The Hall–Kier alpha value is -2.91. The van der Waals surface area contributed by atoms with Crippen LogP contribution in [0.5, 0.6) is 5.75 Å².